The first-order valence-corrected chi connectivity index (χ1v) is 10.4. The van der Waals surface area contributed by atoms with Crippen molar-refractivity contribution in [1.82, 2.24) is 4.90 Å². The van der Waals surface area contributed by atoms with Crippen LogP contribution in [-0.4, -0.2) is 17.0 Å². The van der Waals surface area contributed by atoms with E-state index in [1.54, 1.807) is 0 Å². The van der Waals surface area contributed by atoms with Crippen molar-refractivity contribution in [3.63, 3.8) is 0 Å². The van der Waals surface area contributed by atoms with Crippen molar-refractivity contribution in [1.29, 1.82) is 0 Å². The van der Waals surface area contributed by atoms with E-state index < -0.39 is 0 Å². The molecule has 142 valence electrons. The zero-order chi connectivity index (χ0) is 18.8. The minimum atomic E-state index is 0.459. The fraction of sp³-hybridized carbons (Fsp3) is 0.520. The quantitative estimate of drug-likeness (QED) is 0.240. The normalized spacial score (nSPS) is 23.7. The highest BCUT2D eigenvalue weighted by Crippen LogP contribution is 2.33. The maximum absolute atomic E-state index is 3.95. The van der Waals surface area contributed by atoms with Crippen molar-refractivity contribution in [2.45, 2.75) is 84.2 Å². The van der Waals surface area contributed by atoms with Crippen molar-refractivity contribution >= 4 is 0 Å². The van der Waals surface area contributed by atoms with Crippen LogP contribution in [0.15, 0.2) is 72.0 Å². The Labute approximate surface area is 161 Å². The highest BCUT2D eigenvalue weighted by molar-refractivity contribution is 5.37. The Hall–Kier alpha value is -1.76. The first kappa shape index (κ1) is 20.6. The summed E-state index contributed by atoms with van der Waals surface area (Å²) in [6.45, 7) is 10.8. The van der Waals surface area contributed by atoms with Crippen molar-refractivity contribution < 1.29 is 0 Å². The molecule has 0 amide bonds. The van der Waals surface area contributed by atoms with Crippen LogP contribution in [0.25, 0.3) is 0 Å². The van der Waals surface area contributed by atoms with Crippen LogP contribution in [-0.2, 0) is 0 Å². The van der Waals surface area contributed by atoms with Gasteiger partial charge in [0.25, 0.3) is 0 Å². The summed E-state index contributed by atoms with van der Waals surface area (Å²) in [7, 11) is 0. The van der Waals surface area contributed by atoms with Crippen molar-refractivity contribution in [2.75, 3.05) is 0 Å². The molecule has 0 bridgehead atoms. The molecule has 0 heterocycles. The summed E-state index contributed by atoms with van der Waals surface area (Å²) in [6, 6.07) is 1.05. The minimum Gasteiger partial charge on any atom is -0.361 e. The number of rotatable bonds is 9. The lowest BCUT2D eigenvalue weighted by molar-refractivity contribution is 0.200. The van der Waals surface area contributed by atoms with Crippen molar-refractivity contribution in [3.05, 3.63) is 72.0 Å². The number of hydrogen-bond acceptors (Lipinski definition) is 1. The number of allylic oxidation sites excluding steroid dienone is 7. The van der Waals surface area contributed by atoms with E-state index in [1.165, 1.54) is 55.4 Å². The second-order valence-corrected chi connectivity index (χ2v) is 7.63. The fourth-order valence-electron chi connectivity index (χ4n) is 4.20. The molecular formula is C25H37N. The summed E-state index contributed by atoms with van der Waals surface area (Å²) in [6.07, 6.45) is 27.7. The van der Waals surface area contributed by atoms with Gasteiger partial charge in [0, 0.05) is 11.7 Å². The van der Waals surface area contributed by atoms with Gasteiger partial charge in [-0.2, -0.15) is 0 Å². The van der Waals surface area contributed by atoms with Crippen LogP contribution < -0.4 is 0 Å². The molecule has 0 saturated carbocycles. The van der Waals surface area contributed by atoms with Gasteiger partial charge in [0.05, 0.1) is 6.04 Å². The van der Waals surface area contributed by atoms with E-state index in [4.69, 9.17) is 0 Å². The molecule has 0 aromatic rings. The van der Waals surface area contributed by atoms with Gasteiger partial charge in [0.15, 0.2) is 0 Å². The van der Waals surface area contributed by atoms with Crippen LogP contribution in [0.2, 0.25) is 0 Å². The number of unbranched alkanes of at least 4 members (excludes halogenated alkanes) is 2. The molecule has 2 aliphatic rings. The Morgan fingerprint density at radius 1 is 1.12 bits per heavy atom. The van der Waals surface area contributed by atoms with Gasteiger partial charge in [0.1, 0.15) is 0 Å². The SMILES string of the molecule is C=C/C=C(C)/C(=C(\C)CCCCC)N(C1C=CC=CC1)C1CC=CCC1. The molecule has 2 unspecified atom stereocenters. The standard InChI is InChI=1S/C25H37N/c1-5-7-10-16-22(4)25(21(3)15-6-2)26(23-17-11-8-12-18-23)24-19-13-9-14-20-24/h6,8-9,11-13,15,17,23-24H,2,5,7,10,14,16,18-20H2,1,3-4H3/b21-15+,25-22-. The molecule has 0 aromatic heterocycles. The van der Waals surface area contributed by atoms with Crippen LogP contribution in [0.5, 0.6) is 0 Å². The van der Waals surface area contributed by atoms with Gasteiger partial charge in [-0.15, -0.1) is 0 Å². The smallest absolute Gasteiger partial charge is 0.0513 e. The summed E-state index contributed by atoms with van der Waals surface area (Å²) >= 11 is 0. The van der Waals surface area contributed by atoms with Crippen LogP contribution in [0.4, 0.5) is 0 Å². The molecule has 0 N–H and O–H groups in total. The van der Waals surface area contributed by atoms with Gasteiger partial charge in [-0.25, -0.2) is 0 Å². The summed E-state index contributed by atoms with van der Waals surface area (Å²) in [5.74, 6) is 0. The summed E-state index contributed by atoms with van der Waals surface area (Å²) < 4.78 is 0. The summed E-state index contributed by atoms with van der Waals surface area (Å²) in [5.41, 5.74) is 4.35. The molecule has 0 fully saturated rings. The Balaban J connectivity index is 2.41. The minimum absolute atomic E-state index is 0.459. The highest BCUT2D eigenvalue weighted by Gasteiger charge is 2.28. The molecule has 0 aliphatic heterocycles. The molecule has 1 heteroatoms. The van der Waals surface area contributed by atoms with E-state index in [1.807, 2.05) is 6.08 Å². The maximum Gasteiger partial charge on any atom is 0.0513 e. The maximum atomic E-state index is 3.95. The van der Waals surface area contributed by atoms with Gasteiger partial charge in [-0.1, -0.05) is 75.0 Å². The second-order valence-electron chi connectivity index (χ2n) is 7.63. The van der Waals surface area contributed by atoms with E-state index in [0.29, 0.717) is 12.1 Å². The van der Waals surface area contributed by atoms with E-state index >= 15 is 0 Å². The second kappa shape index (κ2) is 11.1. The van der Waals surface area contributed by atoms with Crippen LogP contribution in [0, 0.1) is 0 Å². The first-order valence-electron chi connectivity index (χ1n) is 10.4. The molecule has 2 atom stereocenters. The van der Waals surface area contributed by atoms with E-state index in [0.717, 1.165) is 12.8 Å². The molecule has 26 heavy (non-hydrogen) atoms. The molecule has 1 nitrogen and oxygen atoms in total. The van der Waals surface area contributed by atoms with Gasteiger partial charge in [0.2, 0.25) is 0 Å². The Kier molecular flexibility index (Phi) is 8.74. The van der Waals surface area contributed by atoms with Gasteiger partial charge in [-0.3, -0.25) is 0 Å². The number of hydrogen-bond donors (Lipinski definition) is 0. The lowest BCUT2D eigenvalue weighted by Gasteiger charge is -2.43. The van der Waals surface area contributed by atoms with Crippen molar-refractivity contribution in [2.24, 2.45) is 0 Å². The Morgan fingerprint density at radius 2 is 1.96 bits per heavy atom. The third-order valence-corrected chi connectivity index (χ3v) is 5.51. The molecule has 2 rings (SSSR count). The van der Waals surface area contributed by atoms with Crippen molar-refractivity contribution in [3.8, 4) is 0 Å². The molecule has 0 aromatic carbocycles. The van der Waals surface area contributed by atoms with E-state index in [2.05, 4.69) is 74.8 Å². The highest BCUT2D eigenvalue weighted by atomic mass is 15.2. The van der Waals surface area contributed by atoms with Gasteiger partial charge >= 0.3 is 0 Å². The van der Waals surface area contributed by atoms with Crippen LogP contribution in [0.1, 0.15) is 72.1 Å². The fourth-order valence-corrected chi connectivity index (χ4v) is 4.20. The first-order chi connectivity index (χ1) is 12.7. The van der Waals surface area contributed by atoms with E-state index in [9.17, 15) is 0 Å². The van der Waals surface area contributed by atoms with Gasteiger partial charge in [-0.05, 0) is 63.5 Å². The van der Waals surface area contributed by atoms with Crippen LogP contribution >= 0.6 is 0 Å². The predicted octanol–water partition coefficient (Wildman–Crippen LogP) is 7.27. The largest absolute Gasteiger partial charge is 0.361 e. The Bertz CT molecular complexity index is 600. The molecule has 0 radical (unpaired) electrons. The third kappa shape index (κ3) is 5.62. The molecule has 2 aliphatic carbocycles. The van der Waals surface area contributed by atoms with Crippen LogP contribution in [0.3, 0.4) is 0 Å². The third-order valence-electron chi connectivity index (χ3n) is 5.51. The lowest BCUT2D eigenvalue weighted by Crippen LogP contribution is -2.43. The van der Waals surface area contributed by atoms with Gasteiger partial charge < -0.3 is 4.90 Å². The average molecular weight is 352 g/mol. The summed E-state index contributed by atoms with van der Waals surface area (Å²) in [4.78, 5) is 2.74. The monoisotopic (exact) mass is 351 g/mol. The molecular weight excluding hydrogens is 314 g/mol. The predicted molar refractivity (Wildman–Crippen MR) is 116 cm³/mol. The zero-order valence-electron chi connectivity index (χ0n) is 17.1. The Morgan fingerprint density at radius 3 is 2.58 bits per heavy atom. The lowest BCUT2D eigenvalue weighted by atomic mass is 9.92. The summed E-state index contributed by atoms with van der Waals surface area (Å²) in [5, 5.41) is 0. The average Bonchev–Trinajstić information content (AvgIpc) is 2.67. The topological polar surface area (TPSA) is 3.24 Å². The molecule has 0 spiro atoms. The zero-order valence-corrected chi connectivity index (χ0v) is 17.1. The number of nitrogens with zero attached hydrogens (tertiary/aromatic N) is 1. The molecule has 0 saturated heterocycles. The van der Waals surface area contributed by atoms with E-state index in [-0.39, 0.29) is 0 Å².